The fourth-order valence-electron chi connectivity index (χ4n) is 1.17. The van der Waals surface area contributed by atoms with Crippen molar-refractivity contribution in [3.63, 3.8) is 0 Å². The molecular weight excluding hydrogens is 234 g/mol. The van der Waals surface area contributed by atoms with Gasteiger partial charge in [0, 0.05) is 5.56 Å². The molecule has 15 heavy (non-hydrogen) atoms. The van der Waals surface area contributed by atoms with Crippen LogP contribution in [0.3, 0.4) is 0 Å². The molecule has 1 heterocycles. The van der Waals surface area contributed by atoms with Gasteiger partial charge in [0.25, 0.3) is 0 Å². The standard InChI is InChI=1S/C9H6ClN3OS/c10-6-4-2-1-3-5(6)7-11-8(14)13-9(15)12-7/h1-4H,(H2,11,12,13,14,15). The van der Waals surface area contributed by atoms with Crippen LogP contribution in [0.2, 0.25) is 5.02 Å². The van der Waals surface area contributed by atoms with E-state index in [9.17, 15) is 4.79 Å². The summed E-state index contributed by atoms with van der Waals surface area (Å²) < 4.78 is 0.133. The molecule has 0 radical (unpaired) electrons. The zero-order chi connectivity index (χ0) is 10.8. The Balaban J connectivity index is 2.70. The van der Waals surface area contributed by atoms with Gasteiger partial charge >= 0.3 is 5.69 Å². The van der Waals surface area contributed by atoms with Crippen LogP contribution in [0.25, 0.3) is 11.4 Å². The summed E-state index contributed by atoms with van der Waals surface area (Å²) in [4.78, 5) is 20.0. The summed E-state index contributed by atoms with van der Waals surface area (Å²) in [6, 6.07) is 7.08. The van der Waals surface area contributed by atoms with E-state index < -0.39 is 5.69 Å². The first-order chi connectivity index (χ1) is 7.16. The molecule has 4 nitrogen and oxygen atoms in total. The first-order valence-electron chi connectivity index (χ1n) is 4.12. The number of nitrogens with zero attached hydrogens (tertiary/aromatic N) is 1. The van der Waals surface area contributed by atoms with Gasteiger partial charge in [-0.2, -0.15) is 0 Å². The monoisotopic (exact) mass is 239 g/mol. The largest absolute Gasteiger partial charge is 0.326 e. The molecule has 2 rings (SSSR count). The normalized spacial score (nSPS) is 10.2. The number of hydrogen-bond donors (Lipinski definition) is 2. The highest BCUT2D eigenvalue weighted by Gasteiger charge is 2.04. The fraction of sp³-hybridized carbons (Fsp3) is 0. The van der Waals surface area contributed by atoms with Crippen LogP contribution < -0.4 is 5.69 Å². The Kier molecular flexibility index (Phi) is 2.66. The summed E-state index contributed by atoms with van der Waals surface area (Å²) in [5.74, 6) is 0.370. The van der Waals surface area contributed by atoms with Crippen molar-refractivity contribution < 1.29 is 0 Å². The summed E-state index contributed by atoms with van der Waals surface area (Å²) >= 11 is 10.8. The van der Waals surface area contributed by atoms with Crippen molar-refractivity contribution in [3.8, 4) is 11.4 Å². The third kappa shape index (κ3) is 2.14. The molecule has 0 atom stereocenters. The van der Waals surface area contributed by atoms with E-state index >= 15 is 0 Å². The molecule has 1 aromatic heterocycles. The van der Waals surface area contributed by atoms with Gasteiger partial charge in [-0.05, 0) is 24.4 Å². The van der Waals surface area contributed by atoms with E-state index in [4.69, 9.17) is 23.8 Å². The third-order valence-electron chi connectivity index (χ3n) is 1.79. The number of hydrogen-bond acceptors (Lipinski definition) is 3. The average Bonchev–Trinajstić information content (AvgIpc) is 2.16. The molecule has 0 amide bonds. The first-order valence-corrected chi connectivity index (χ1v) is 4.91. The van der Waals surface area contributed by atoms with Crippen LogP contribution in [-0.4, -0.2) is 15.0 Å². The molecule has 0 aliphatic carbocycles. The molecule has 1 aromatic carbocycles. The number of benzene rings is 1. The van der Waals surface area contributed by atoms with Crippen LogP contribution in [0, 0.1) is 4.77 Å². The van der Waals surface area contributed by atoms with E-state index in [0.29, 0.717) is 16.4 Å². The topological polar surface area (TPSA) is 61.5 Å². The van der Waals surface area contributed by atoms with E-state index in [-0.39, 0.29) is 4.77 Å². The zero-order valence-electron chi connectivity index (χ0n) is 7.45. The second-order valence-electron chi connectivity index (χ2n) is 2.82. The van der Waals surface area contributed by atoms with Crippen LogP contribution >= 0.6 is 23.8 Å². The quantitative estimate of drug-likeness (QED) is 0.750. The highest BCUT2D eigenvalue weighted by atomic mass is 35.5. The number of rotatable bonds is 1. The minimum atomic E-state index is -0.398. The molecule has 0 saturated carbocycles. The third-order valence-corrected chi connectivity index (χ3v) is 2.32. The number of halogens is 1. The maximum Gasteiger partial charge on any atom is 0.326 e. The Morgan fingerprint density at radius 2 is 2.00 bits per heavy atom. The van der Waals surface area contributed by atoms with Gasteiger partial charge in [0.2, 0.25) is 4.77 Å². The van der Waals surface area contributed by atoms with Gasteiger partial charge in [0.05, 0.1) is 5.02 Å². The van der Waals surface area contributed by atoms with Gasteiger partial charge in [-0.3, -0.25) is 9.97 Å². The van der Waals surface area contributed by atoms with E-state index in [1.54, 1.807) is 24.3 Å². The molecule has 2 N–H and O–H groups in total. The molecule has 0 unspecified atom stereocenters. The second-order valence-corrected chi connectivity index (χ2v) is 3.62. The molecule has 0 spiro atoms. The first kappa shape index (κ1) is 10.1. The van der Waals surface area contributed by atoms with Crippen molar-refractivity contribution in [2.75, 3.05) is 0 Å². The van der Waals surface area contributed by atoms with Gasteiger partial charge in [0.1, 0.15) is 5.82 Å². The van der Waals surface area contributed by atoms with E-state index in [2.05, 4.69) is 15.0 Å². The predicted molar refractivity (Wildman–Crippen MR) is 60.5 cm³/mol. The van der Waals surface area contributed by atoms with E-state index in [1.807, 2.05) is 0 Å². The SMILES string of the molecule is O=c1[nH]c(-c2ccccc2Cl)nc(=S)[nH]1. The van der Waals surface area contributed by atoms with Crippen LogP contribution in [0.4, 0.5) is 0 Å². The summed E-state index contributed by atoms with van der Waals surface area (Å²) in [6.07, 6.45) is 0. The molecule has 6 heteroatoms. The molecule has 2 aromatic rings. The lowest BCUT2D eigenvalue weighted by atomic mass is 10.2. The highest BCUT2D eigenvalue weighted by molar-refractivity contribution is 7.71. The van der Waals surface area contributed by atoms with Crippen molar-refractivity contribution in [2.24, 2.45) is 0 Å². The minimum Gasteiger partial charge on any atom is -0.291 e. The maximum absolute atomic E-state index is 11.1. The highest BCUT2D eigenvalue weighted by Crippen LogP contribution is 2.23. The van der Waals surface area contributed by atoms with Crippen LogP contribution in [0.5, 0.6) is 0 Å². The Labute approximate surface area is 95.0 Å². The summed E-state index contributed by atoms with van der Waals surface area (Å²) in [5, 5.41) is 0.515. The van der Waals surface area contributed by atoms with Crippen molar-refractivity contribution in [3.05, 3.63) is 44.5 Å². The molecule has 0 aliphatic heterocycles. The molecule has 0 saturated heterocycles. The van der Waals surface area contributed by atoms with Crippen LogP contribution in [0.15, 0.2) is 29.1 Å². The summed E-state index contributed by atoms with van der Waals surface area (Å²) in [5.41, 5.74) is 0.251. The maximum atomic E-state index is 11.1. The summed E-state index contributed by atoms with van der Waals surface area (Å²) in [6.45, 7) is 0. The van der Waals surface area contributed by atoms with E-state index in [1.165, 1.54) is 0 Å². The summed E-state index contributed by atoms with van der Waals surface area (Å²) in [7, 11) is 0. The van der Waals surface area contributed by atoms with Crippen molar-refractivity contribution >= 4 is 23.8 Å². The van der Waals surface area contributed by atoms with Crippen molar-refractivity contribution in [2.45, 2.75) is 0 Å². The Morgan fingerprint density at radius 3 is 2.67 bits per heavy atom. The van der Waals surface area contributed by atoms with Gasteiger partial charge in [0.15, 0.2) is 0 Å². The lowest BCUT2D eigenvalue weighted by molar-refractivity contribution is 0.976. The van der Waals surface area contributed by atoms with Gasteiger partial charge in [-0.15, -0.1) is 0 Å². The Bertz CT molecular complexity index is 576. The smallest absolute Gasteiger partial charge is 0.291 e. The molecule has 0 bridgehead atoms. The number of aromatic nitrogens is 3. The average molecular weight is 240 g/mol. The van der Waals surface area contributed by atoms with Crippen LogP contribution in [0.1, 0.15) is 0 Å². The lowest BCUT2D eigenvalue weighted by Gasteiger charge is -2.01. The van der Waals surface area contributed by atoms with E-state index in [0.717, 1.165) is 0 Å². The lowest BCUT2D eigenvalue weighted by Crippen LogP contribution is -2.12. The van der Waals surface area contributed by atoms with Gasteiger partial charge in [-0.1, -0.05) is 23.7 Å². The Hall–Kier alpha value is -1.46. The Morgan fingerprint density at radius 1 is 1.27 bits per heavy atom. The minimum absolute atomic E-state index is 0.133. The van der Waals surface area contributed by atoms with Crippen LogP contribution in [-0.2, 0) is 0 Å². The number of H-pyrrole nitrogens is 2. The molecule has 76 valence electrons. The van der Waals surface area contributed by atoms with Crippen molar-refractivity contribution in [1.82, 2.24) is 15.0 Å². The predicted octanol–water partition coefficient (Wildman–Crippen LogP) is 2.15. The fourth-order valence-corrected chi connectivity index (χ4v) is 1.58. The molecule has 0 aliphatic rings. The van der Waals surface area contributed by atoms with Gasteiger partial charge < -0.3 is 0 Å². The number of aromatic amines is 2. The molecular formula is C9H6ClN3OS. The number of nitrogens with one attached hydrogen (secondary N) is 2. The second kappa shape index (κ2) is 3.96. The molecule has 0 fully saturated rings. The van der Waals surface area contributed by atoms with Gasteiger partial charge in [-0.25, -0.2) is 9.78 Å². The van der Waals surface area contributed by atoms with Crippen molar-refractivity contribution in [1.29, 1.82) is 0 Å². The zero-order valence-corrected chi connectivity index (χ0v) is 9.02.